The van der Waals surface area contributed by atoms with Gasteiger partial charge in [-0.1, -0.05) is 23.9 Å². The summed E-state index contributed by atoms with van der Waals surface area (Å²) in [5.74, 6) is -0.838. The van der Waals surface area contributed by atoms with Crippen molar-refractivity contribution in [3.05, 3.63) is 72.3 Å². The molecule has 7 heteroatoms. The molecule has 0 bridgehead atoms. The van der Waals surface area contributed by atoms with Gasteiger partial charge in [-0.3, -0.25) is 4.57 Å². The summed E-state index contributed by atoms with van der Waals surface area (Å²) in [6, 6.07) is 13.0. The molecule has 27 heavy (non-hydrogen) atoms. The van der Waals surface area contributed by atoms with Crippen molar-refractivity contribution in [1.29, 1.82) is 0 Å². The molecule has 0 radical (unpaired) electrons. The quantitative estimate of drug-likeness (QED) is 0.615. The summed E-state index contributed by atoms with van der Waals surface area (Å²) in [6.45, 7) is 1.93. The lowest BCUT2D eigenvalue weighted by atomic mass is 10.0. The second-order valence-corrected chi connectivity index (χ2v) is 6.72. The number of carbonyl (C=O) groups is 2. The third-order valence-corrected chi connectivity index (χ3v) is 4.72. The number of ether oxygens (including phenoxy) is 1. The molecule has 0 aliphatic carbocycles. The molecule has 0 aliphatic heterocycles. The van der Waals surface area contributed by atoms with Crippen molar-refractivity contribution in [1.82, 2.24) is 4.57 Å². The number of esters is 1. The largest absolute Gasteiger partial charge is 0.464 e. The highest BCUT2D eigenvalue weighted by atomic mass is 32.2. The van der Waals surface area contributed by atoms with Crippen LogP contribution in [0.3, 0.4) is 0 Å². The monoisotopic (exact) mass is 385 g/mol. The molecule has 1 aromatic heterocycles. The zero-order valence-corrected chi connectivity index (χ0v) is 15.2. The van der Waals surface area contributed by atoms with Crippen LogP contribution in [0.15, 0.2) is 70.7 Å². The van der Waals surface area contributed by atoms with Crippen molar-refractivity contribution in [2.45, 2.75) is 16.7 Å². The molecule has 0 amide bonds. The van der Waals surface area contributed by atoms with Crippen molar-refractivity contribution in [3.8, 4) is 11.1 Å². The Kier molecular flexibility index (Phi) is 5.61. The van der Waals surface area contributed by atoms with E-state index in [9.17, 15) is 14.0 Å². The van der Waals surface area contributed by atoms with Crippen LogP contribution in [0.5, 0.6) is 0 Å². The summed E-state index contributed by atoms with van der Waals surface area (Å²) in [6.07, 6.45) is 1.72. The van der Waals surface area contributed by atoms with Gasteiger partial charge in [0.2, 0.25) is 0 Å². The van der Waals surface area contributed by atoms with Gasteiger partial charge in [-0.15, -0.1) is 0 Å². The molecule has 138 valence electrons. The minimum atomic E-state index is -1.11. The zero-order valence-electron chi connectivity index (χ0n) is 14.4. The maximum Gasteiger partial charge on any atom is 0.415 e. The fraction of sp³-hybridized carbons (Fsp3) is 0.100. The summed E-state index contributed by atoms with van der Waals surface area (Å²) in [7, 11) is 0. The van der Waals surface area contributed by atoms with Gasteiger partial charge in [0, 0.05) is 27.7 Å². The second kappa shape index (κ2) is 8.09. The predicted molar refractivity (Wildman–Crippen MR) is 99.8 cm³/mol. The van der Waals surface area contributed by atoms with Crippen molar-refractivity contribution in [2.24, 2.45) is 0 Å². The van der Waals surface area contributed by atoms with E-state index in [1.165, 1.54) is 36.3 Å². The van der Waals surface area contributed by atoms with Gasteiger partial charge in [0.25, 0.3) is 0 Å². The first-order chi connectivity index (χ1) is 13.0. The third kappa shape index (κ3) is 4.38. The summed E-state index contributed by atoms with van der Waals surface area (Å²) in [5, 5.41) is 9.08. The molecule has 1 N–H and O–H groups in total. The lowest BCUT2D eigenvalue weighted by Crippen LogP contribution is -2.07. The normalized spacial score (nSPS) is 10.6. The highest BCUT2D eigenvalue weighted by molar-refractivity contribution is 7.99. The minimum absolute atomic E-state index is 0.218. The van der Waals surface area contributed by atoms with E-state index in [1.54, 1.807) is 43.3 Å². The number of benzene rings is 2. The van der Waals surface area contributed by atoms with Crippen molar-refractivity contribution in [2.75, 3.05) is 6.61 Å². The van der Waals surface area contributed by atoms with Crippen LogP contribution in [0.4, 0.5) is 9.18 Å². The fourth-order valence-electron chi connectivity index (χ4n) is 2.56. The predicted octanol–water partition coefficient (Wildman–Crippen LogP) is 5.15. The molecule has 2 aromatic carbocycles. The van der Waals surface area contributed by atoms with Crippen LogP contribution in [0.2, 0.25) is 0 Å². The average Bonchev–Trinajstić information content (AvgIpc) is 3.12. The maximum atomic E-state index is 13.4. The van der Waals surface area contributed by atoms with Crippen molar-refractivity contribution < 1.29 is 23.8 Å². The Bertz CT molecular complexity index is 999. The van der Waals surface area contributed by atoms with E-state index < -0.39 is 12.1 Å². The molecule has 0 aliphatic rings. The molecule has 0 unspecified atom stereocenters. The molecule has 3 aromatic rings. The fourth-order valence-corrected chi connectivity index (χ4v) is 3.46. The van der Waals surface area contributed by atoms with Gasteiger partial charge in [0.1, 0.15) is 5.82 Å². The summed E-state index contributed by atoms with van der Waals surface area (Å²) >= 11 is 1.32. The Labute approximate surface area is 159 Å². The van der Waals surface area contributed by atoms with E-state index in [0.717, 1.165) is 9.46 Å². The lowest BCUT2D eigenvalue weighted by molar-refractivity contribution is 0.0527. The highest BCUT2D eigenvalue weighted by Crippen LogP contribution is 2.33. The number of hydrogen-bond acceptors (Lipinski definition) is 4. The van der Waals surface area contributed by atoms with Crippen LogP contribution in [-0.4, -0.2) is 28.3 Å². The van der Waals surface area contributed by atoms with Crippen LogP contribution in [-0.2, 0) is 4.74 Å². The smallest absolute Gasteiger partial charge is 0.415 e. The minimum Gasteiger partial charge on any atom is -0.464 e. The van der Waals surface area contributed by atoms with E-state index in [-0.39, 0.29) is 12.4 Å². The summed E-state index contributed by atoms with van der Waals surface area (Å²) < 4.78 is 19.5. The van der Waals surface area contributed by atoms with Crippen LogP contribution in [0, 0.1) is 5.82 Å². The Morgan fingerprint density at radius 3 is 2.59 bits per heavy atom. The number of carbonyl (C=O) groups excluding carboxylic acids is 1. The Balaban J connectivity index is 2.00. The molecule has 0 spiro atoms. The molecular formula is C20H16FNO4S. The lowest BCUT2D eigenvalue weighted by Gasteiger charge is -2.10. The topological polar surface area (TPSA) is 68.5 Å². The second-order valence-electron chi connectivity index (χ2n) is 5.58. The Hall–Kier alpha value is -3.06. The Morgan fingerprint density at radius 1 is 1.15 bits per heavy atom. The first kappa shape index (κ1) is 18.7. The van der Waals surface area contributed by atoms with E-state index in [1.807, 2.05) is 0 Å². The standard InChI is InChI=1S/C20H16FNO4S/c1-2-26-19(23)18-11-16(27-15-5-3-4-14(21)10-15)6-7-17(18)13-8-9-22(12-13)20(24)25/h3-12H,2H2,1H3,(H,24,25). The van der Waals surface area contributed by atoms with Gasteiger partial charge >= 0.3 is 12.1 Å². The van der Waals surface area contributed by atoms with Crippen molar-refractivity contribution >= 4 is 23.8 Å². The van der Waals surface area contributed by atoms with Gasteiger partial charge in [0.15, 0.2) is 0 Å². The van der Waals surface area contributed by atoms with Crippen LogP contribution < -0.4 is 0 Å². The number of nitrogens with zero attached hydrogens (tertiary/aromatic N) is 1. The average molecular weight is 385 g/mol. The molecule has 5 nitrogen and oxygen atoms in total. The first-order valence-electron chi connectivity index (χ1n) is 8.14. The Morgan fingerprint density at radius 2 is 1.93 bits per heavy atom. The van der Waals surface area contributed by atoms with Gasteiger partial charge < -0.3 is 9.84 Å². The number of rotatable bonds is 5. The molecular weight excluding hydrogens is 369 g/mol. The van der Waals surface area contributed by atoms with Gasteiger partial charge in [-0.2, -0.15) is 0 Å². The zero-order chi connectivity index (χ0) is 19.4. The molecule has 0 saturated heterocycles. The first-order valence-corrected chi connectivity index (χ1v) is 8.96. The number of aromatic nitrogens is 1. The van der Waals surface area contributed by atoms with Crippen LogP contribution in [0.25, 0.3) is 11.1 Å². The SMILES string of the molecule is CCOC(=O)c1cc(Sc2cccc(F)c2)ccc1-c1ccn(C(=O)O)c1. The number of carboxylic acid groups (broad SMARTS) is 1. The number of hydrogen-bond donors (Lipinski definition) is 1. The highest BCUT2D eigenvalue weighted by Gasteiger charge is 2.17. The van der Waals surface area contributed by atoms with Crippen LogP contribution in [0.1, 0.15) is 17.3 Å². The molecule has 0 fully saturated rings. The van der Waals surface area contributed by atoms with E-state index >= 15 is 0 Å². The van der Waals surface area contributed by atoms with E-state index in [0.29, 0.717) is 21.6 Å². The van der Waals surface area contributed by atoms with E-state index in [4.69, 9.17) is 9.84 Å². The van der Waals surface area contributed by atoms with E-state index in [2.05, 4.69) is 0 Å². The molecule has 1 heterocycles. The number of halogens is 1. The molecule has 0 atom stereocenters. The van der Waals surface area contributed by atoms with Gasteiger partial charge in [0.05, 0.1) is 12.2 Å². The van der Waals surface area contributed by atoms with Gasteiger partial charge in [-0.25, -0.2) is 14.0 Å². The maximum absolute atomic E-state index is 13.4. The van der Waals surface area contributed by atoms with Crippen LogP contribution >= 0.6 is 11.8 Å². The summed E-state index contributed by atoms with van der Waals surface area (Å²) in [5.41, 5.74) is 1.47. The molecule has 0 saturated carbocycles. The summed E-state index contributed by atoms with van der Waals surface area (Å²) in [4.78, 5) is 25.0. The molecule has 3 rings (SSSR count). The van der Waals surface area contributed by atoms with Gasteiger partial charge in [-0.05, 0) is 48.9 Å². The third-order valence-electron chi connectivity index (χ3n) is 3.74. The van der Waals surface area contributed by atoms with Crippen molar-refractivity contribution in [3.63, 3.8) is 0 Å².